The lowest BCUT2D eigenvalue weighted by Crippen LogP contribution is -2.38. The first-order valence-electron chi connectivity index (χ1n) is 6.31. The van der Waals surface area contributed by atoms with Crippen molar-refractivity contribution < 1.29 is 9.90 Å². The van der Waals surface area contributed by atoms with Gasteiger partial charge in [-0.1, -0.05) is 36.8 Å². The maximum absolute atomic E-state index is 11.7. The molecule has 2 N–H and O–H groups in total. The van der Waals surface area contributed by atoms with Crippen LogP contribution >= 0.6 is 0 Å². The van der Waals surface area contributed by atoms with Crippen molar-refractivity contribution in [3.63, 3.8) is 0 Å². The number of nitrogens with one attached hydrogen (secondary N) is 1. The van der Waals surface area contributed by atoms with Crippen molar-refractivity contribution in [2.45, 2.75) is 20.4 Å². The van der Waals surface area contributed by atoms with Gasteiger partial charge in [0.05, 0.1) is 13.2 Å². The molecule has 1 aromatic carbocycles. The normalized spacial score (nSPS) is 10.7. The Balaban J connectivity index is 2.34. The molecule has 0 aliphatic rings. The fraction of sp³-hybridized carbons (Fsp3) is 0.500. The van der Waals surface area contributed by atoms with Gasteiger partial charge in [0.15, 0.2) is 0 Å². The molecular weight excluding hydrogens is 228 g/mol. The molecule has 0 saturated heterocycles. The van der Waals surface area contributed by atoms with Crippen molar-refractivity contribution in [2.75, 3.05) is 26.2 Å². The fourth-order valence-corrected chi connectivity index (χ4v) is 1.66. The second-order valence-electron chi connectivity index (χ2n) is 4.35. The largest absolute Gasteiger partial charge is 0.395 e. The number of carbonyl (C=O) groups excluding carboxylic acids is 1. The summed E-state index contributed by atoms with van der Waals surface area (Å²) < 4.78 is 0. The van der Waals surface area contributed by atoms with Gasteiger partial charge in [0, 0.05) is 13.1 Å². The summed E-state index contributed by atoms with van der Waals surface area (Å²) in [5.74, 6) is -0.00845. The molecule has 1 aromatic rings. The molecule has 4 nitrogen and oxygen atoms in total. The van der Waals surface area contributed by atoms with Crippen LogP contribution in [0.1, 0.15) is 18.1 Å². The zero-order valence-corrected chi connectivity index (χ0v) is 11.1. The van der Waals surface area contributed by atoms with Crippen LogP contribution in [0.2, 0.25) is 0 Å². The third-order valence-electron chi connectivity index (χ3n) is 2.84. The topological polar surface area (TPSA) is 52.6 Å². The monoisotopic (exact) mass is 250 g/mol. The average molecular weight is 250 g/mol. The second-order valence-corrected chi connectivity index (χ2v) is 4.35. The molecule has 0 fully saturated rings. The van der Waals surface area contributed by atoms with Crippen LogP contribution in [0.4, 0.5) is 0 Å². The highest BCUT2D eigenvalue weighted by Crippen LogP contribution is 2.02. The Labute approximate surface area is 109 Å². The molecule has 100 valence electrons. The molecule has 0 radical (unpaired) electrons. The van der Waals surface area contributed by atoms with Crippen molar-refractivity contribution >= 4 is 5.91 Å². The Morgan fingerprint density at radius 1 is 1.33 bits per heavy atom. The SMILES string of the molecule is CCN(CCO)CC(=O)NCc1ccc(C)cc1. The van der Waals surface area contributed by atoms with E-state index in [2.05, 4.69) is 5.32 Å². The highest BCUT2D eigenvalue weighted by molar-refractivity contribution is 5.78. The summed E-state index contributed by atoms with van der Waals surface area (Å²) in [5, 5.41) is 11.7. The maximum Gasteiger partial charge on any atom is 0.234 e. The summed E-state index contributed by atoms with van der Waals surface area (Å²) in [6.07, 6.45) is 0. The van der Waals surface area contributed by atoms with Crippen LogP contribution in [0.5, 0.6) is 0 Å². The van der Waals surface area contributed by atoms with Gasteiger partial charge in [0.2, 0.25) is 5.91 Å². The third-order valence-corrected chi connectivity index (χ3v) is 2.84. The summed E-state index contributed by atoms with van der Waals surface area (Å²) in [5.41, 5.74) is 2.31. The number of likely N-dealkylation sites (N-methyl/N-ethyl adjacent to an activating group) is 1. The first kappa shape index (κ1) is 14.7. The highest BCUT2D eigenvalue weighted by atomic mass is 16.3. The van der Waals surface area contributed by atoms with Crippen molar-refractivity contribution in [1.29, 1.82) is 0 Å². The van der Waals surface area contributed by atoms with Gasteiger partial charge in [0.1, 0.15) is 0 Å². The van der Waals surface area contributed by atoms with Crippen LogP contribution in [0.3, 0.4) is 0 Å². The number of nitrogens with zero attached hydrogens (tertiary/aromatic N) is 1. The number of benzene rings is 1. The Kier molecular flexibility index (Phi) is 6.39. The van der Waals surface area contributed by atoms with Gasteiger partial charge < -0.3 is 10.4 Å². The second kappa shape index (κ2) is 7.84. The summed E-state index contributed by atoms with van der Waals surface area (Å²) in [6.45, 7) is 6.28. The number of amides is 1. The molecule has 0 unspecified atom stereocenters. The number of aliphatic hydroxyl groups excluding tert-OH is 1. The van der Waals surface area contributed by atoms with Crippen LogP contribution in [0.15, 0.2) is 24.3 Å². The van der Waals surface area contributed by atoms with E-state index in [0.717, 1.165) is 12.1 Å². The Hall–Kier alpha value is -1.39. The smallest absolute Gasteiger partial charge is 0.234 e. The van der Waals surface area contributed by atoms with E-state index in [9.17, 15) is 4.79 Å². The fourth-order valence-electron chi connectivity index (χ4n) is 1.66. The molecular formula is C14H22N2O2. The third kappa shape index (κ3) is 5.29. The summed E-state index contributed by atoms with van der Waals surface area (Å²) in [7, 11) is 0. The molecule has 1 amide bonds. The molecule has 0 saturated carbocycles. The van der Waals surface area contributed by atoms with Crippen LogP contribution in [-0.4, -0.2) is 42.2 Å². The minimum absolute atomic E-state index is 0.00845. The minimum atomic E-state index is -0.00845. The zero-order chi connectivity index (χ0) is 13.4. The van der Waals surface area contributed by atoms with E-state index in [4.69, 9.17) is 5.11 Å². The van der Waals surface area contributed by atoms with Gasteiger partial charge >= 0.3 is 0 Å². The van der Waals surface area contributed by atoms with Gasteiger partial charge in [-0.05, 0) is 19.0 Å². The van der Waals surface area contributed by atoms with Crippen molar-refractivity contribution in [2.24, 2.45) is 0 Å². The van der Waals surface area contributed by atoms with Gasteiger partial charge in [-0.3, -0.25) is 9.69 Å². The number of rotatable bonds is 7. The van der Waals surface area contributed by atoms with Crippen LogP contribution in [0.25, 0.3) is 0 Å². The average Bonchev–Trinajstić information content (AvgIpc) is 2.37. The lowest BCUT2D eigenvalue weighted by Gasteiger charge is -2.18. The van der Waals surface area contributed by atoms with E-state index in [0.29, 0.717) is 19.6 Å². The molecule has 0 aliphatic carbocycles. The number of aliphatic hydroxyl groups is 1. The molecule has 0 spiro atoms. The lowest BCUT2D eigenvalue weighted by atomic mass is 10.1. The van der Waals surface area contributed by atoms with Crippen LogP contribution < -0.4 is 5.32 Å². The quantitative estimate of drug-likeness (QED) is 0.757. The number of carbonyl (C=O) groups is 1. The first-order valence-corrected chi connectivity index (χ1v) is 6.31. The van der Waals surface area contributed by atoms with E-state index in [1.165, 1.54) is 5.56 Å². The molecule has 0 atom stereocenters. The molecule has 18 heavy (non-hydrogen) atoms. The standard InChI is InChI=1S/C14H22N2O2/c1-3-16(8-9-17)11-14(18)15-10-13-6-4-12(2)5-7-13/h4-7,17H,3,8-11H2,1-2H3,(H,15,18). The van der Waals surface area contributed by atoms with Crippen LogP contribution in [0, 0.1) is 6.92 Å². The van der Waals surface area contributed by atoms with E-state index in [1.54, 1.807) is 0 Å². The number of aryl methyl sites for hydroxylation is 1. The van der Waals surface area contributed by atoms with Gasteiger partial charge in [-0.25, -0.2) is 0 Å². The van der Waals surface area contributed by atoms with E-state index < -0.39 is 0 Å². The van der Waals surface area contributed by atoms with Gasteiger partial charge in [-0.15, -0.1) is 0 Å². The Morgan fingerprint density at radius 3 is 2.56 bits per heavy atom. The van der Waals surface area contributed by atoms with E-state index in [-0.39, 0.29) is 12.5 Å². The van der Waals surface area contributed by atoms with Gasteiger partial charge in [0.25, 0.3) is 0 Å². The summed E-state index contributed by atoms with van der Waals surface area (Å²) in [6, 6.07) is 8.10. The molecule has 0 aromatic heterocycles. The summed E-state index contributed by atoms with van der Waals surface area (Å²) >= 11 is 0. The van der Waals surface area contributed by atoms with E-state index in [1.807, 2.05) is 43.0 Å². The molecule has 0 aliphatic heterocycles. The number of hydrogen-bond acceptors (Lipinski definition) is 3. The van der Waals surface area contributed by atoms with Crippen LogP contribution in [-0.2, 0) is 11.3 Å². The van der Waals surface area contributed by atoms with Crippen molar-refractivity contribution in [3.8, 4) is 0 Å². The first-order chi connectivity index (χ1) is 8.65. The Morgan fingerprint density at radius 2 is 2.00 bits per heavy atom. The molecule has 4 heteroatoms. The summed E-state index contributed by atoms with van der Waals surface area (Å²) in [4.78, 5) is 13.6. The van der Waals surface area contributed by atoms with Crippen molar-refractivity contribution in [1.82, 2.24) is 10.2 Å². The predicted molar refractivity (Wildman–Crippen MR) is 72.2 cm³/mol. The highest BCUT2D eigenvalue weighted by Gasteiger charge is 2.07. The zero-order valence-electron chi connectivity index (χ0n) is 11.1. The molecule has 0 bridgehead atoms. The molecule has 0 heterocycles. The van der Waals surface area contributed by atoms with Gasteiger partial charge in [-0.2, -0.15) is 0 Å². The predicted octanol–water partition coefficient (Wildman–Crippen LogP) is 0.925. The number of hydrogen-bond donors (Lipinski definition) is 2. The Bertz CT molecular complexity index is 363. The van der Waals surface area contributed by atoms with Crippen molar-refractivity contribution in [3.05, 3.63) is 35.4 Å². The lowest BCUT2D eigenvalue weighted by molar-refractivity contribution is -0.122. The molecule has 1 rings (SSSR count). The maximum atomic E-state index is 11.7. The van der Waals surface area contributed by atoms with E-state index >= 15 is 0 Å². The minimum Gasteiger partial charge on any atom is -0.395 e.